The molecule has 27 heavy (non-hydrogen) atoms. The highest BCUT2D eigenvalue weighted by Crippen LogP contribution is 2.19. The first kappa shape index (κ1) is 20.3. The van der Waals surface area contributed by atoms with Gasteiger partial charge in [0, 0.05) is 19.2 Å². The number of nitrogens with zero attached hydrogens (tertiary/aromatic N) is 1. The smallest absolute Gasteiger partial charge is 0.344 e. The first-order valence-electron chi connectivity index (χ1n) is 8.61. The minimum Gasteiger partial charge on any atom is -0.496 e. The van der Waals surface area contributed by atoms with Gasteiger partial charge in [-0.25, -0.2) is 4.79 Å². The van der Waals surface area contributed by atoms with Crippen LogP contribution in [-0.2, 0) is 20.9 Å². The average Bonchev–Trinajstić information content (AvgIpc) is 2.64. The Bertz CT molecular complexity index is 783. The van der Waals surface area contributed by atoms with Gasteiger partial charge in [-0.05, 0) is 43.2 Å². The van der Waals surface area contributed by atoms with Crippen molar-refractivity contribution in [3.05, 3.63) is 59.2 Å². The lowest BCUT2D eigenvalue weighted by atomic mass is 10.1. The molecule has 0 radical (unpaired) electrons. The number of hydrogen-bond donors (Lipinski definition) is 0. The highest BCUT2D eigenvalue weighted by atomic mass is 16.6. The predicted molar refractivity (Wildman–Crippen MR) is 102 cm³/mol. The lowest BCUT2D eigenvalue weighted by Crippen LogP contribution is -2.31. The summed E-state index contributed by atoms with van der Waals surface area (Å²) in [6.07, 6.45) is 0. The molecule has 6 heteroatoms. The van der Waals surface area contributed by atoms with Gasteiger partial charge in [0.15, 0.2) is 13.2 Å². The van der Waals surface area contributed by atoms with E-state index in [0.717, 1.165) is 16.7 Å². The van der Waals surface area contributed by atoms with Crippen LogP contribution in [0.2, 0.25) is 0 Å². The number of likely N-dealkylation sites (N-methyl/N-ethyl adjacent to an activating group) is 1. The fourth-order valence-electron chi connectivity index (χ4n) is 2.63. The number of para-hydroxylation sites is 1. The third-order valence-electron chi connectivity index (χ3n) is 3.93. The van der Waals surface area contributed by atoms with Gasteiger partial charge in [0.05, 0.1) is 7.11 Å². The maximum Gasteiger partial charge on any atom is 0.344 e. The molecule has 2 aromatic carbocycles. The minimum atomic E-state index is -0.590. The Morgan fingerprint density at radius 1 is 1.00 bits per heavy atom. The molecule has 0 N–H and O–H groups in total. The zero-order chi connectivity index (χ0) is 19.8. The fraction of sp³-hybridized carbons (Fsp3) is 0.333. The molecule has 144 valence electrons. The summed E-state index contributed by atoms with van der Waals surface area (Å²) < 4.78 is 15.7. The van der Waals surface area contributed by atoms with Crippen LogP contribution in [0, 0.1) is 13.8 Å². The standard InChI is InChI=1S/C21H25NO5/c1-15-9-16(2)11-18(10-15)26-14-21(24)27-13-20(23)22(3)12-17-7-5-6-8-19(17)25-4/h5-11H,12-14H2,1-4H3. The monoisotopic (exact) mass is 371 g/mol. The fourth-order valence-corrected chi connectivity index (χ4v) is 2.63. The van der Waals surface area contributed by atoms with Crippen molar-refractivity contribution in [3.63, 3.8) is 0 Å². The van der Waals surface area contributed by atoms with Gasteiger partial charge in [-0.2, -0.15) is 0 Å². The van der Waals surface area contributed by atoms with Crippen molar-refractivity contribution in [1.82, 2.24) is 4.90 Å². The second-order valence-corrected chi connectivity index (χ2v) is 6.33. The van der Waals surface area contributed by atoms with Crippen LogP contribution in [0.1, 0.15) is 16.7 Å². The van der Waals surface area contributed by atoms with E-state index in [4.69, 9.17) is 14.2 Å². The lowest BCUT2D eigenvalue weighted by Gasteiger charge is -2.18. The number of amides is 1. The molecular weight excluding hydrogens is 346 g/mol. The molecule has 0 spiro atoms. The minimum absolute atomic E-state index is 0.244. The Morgan fingerprint density at radius 2 is 1.67 bits per heavy atom. The maximum absolute atomic E-state index is 12.2. The average molecular weight is 371 g/mol. The molecule has 0 aliphatic heterocycles. The van der Waals surface area contributed by atoms with Gasteiger partial charge in [0.25, 0.3) is 5.91 Å². The quantitative estimate of drug-likeness (QED) is 0.668. The largest absolute Gasteiger partial charge is 0.496 e. The summed E-state index contributed by atoms with van der Waals surface area (Å²) in [6, 6.07) is 13.1. The second-order valence-electron chi connectivity index (χ2n) is 6.33. The van der Waals surface area contributed by atoms with Crippen molar-refractivity contribution in [2.24, 2.45) is 0 Å². The van der Waals surface area contributed by atoms with E-state index >= 15 is 0 Å². The van der Waals surface area contributed by atoms with Crippen LogP contribution in [0.4, 0.5) is 0 Å². The van der Waals surface area contributed by atoms with Crippen molar-refractivity contribution >= 4 is 11.9 Å². The third kappa shape index (κ3) is 6.33. The molecule has 0 bridgehead atoms. The number of methoxy groups -OCH3 is 1. The molecule has 6 nitrogen and oxygen atoms in total. The van der Waals surface area contributed by atoms with Crippen molar-refractivity contribution in [3.8, 4) is 11.5 Å². The van der Waals surface area contributed by atoms with Crippen LogP contribution in [0.5, 0.6) is 11.5 Å². The summed E-state index contributed by atoms with van der Waals surface area (Å²) in [7, 11) is 3.23. The normalized spacial score (nSPS) is 10.2. The molecule has 0 fully saturated rings. The number of aryl methyl sites for hydroxylation is 2. The molecule has 0 unspecified atom stereocenters. The molecule has 0 saturated carbocycles. The summed E-state index contributed by atoms with van der Waals surface area (Å²) in [5.41, 5.74) is 2.97. The summed E-state index contributed by atoms with van der Waals surface area (Å²) in [4.78, 5) is 25.5. The number of carbonyl (C=O) groups excluding carboxylic acids is 2. The Hall–Kier alpha value is -3.02. The molecule has 0 aliphatic rings. The Labute approximate surface area is 159 Å². The van der Waals surface area contributed by atoms with Gasteiger partial charge in [0.2, 0.25) is 0 Å². The molecule has 2 rings (SSSR count). The van der Waals surface area contributed by atoms with Crippen LogP contribution >= 0.6 is 0 Å². The lowest BCUT2D eigenvalue weighted by molar-refractivity contribution is -0.153. The molecule has 0 aliphatic carbocycles. The molecule has 2 aromatic rings. The van der Waals surface area contributed by atoms with Gasteiger partial charge in [-0.1, -0.05) is 24.3 Å². The van der Waals surface area contributed by atoms with Crippen LogP contribution in [-0.4, -0.2) is 44.1 Å². The van der Waals surface area contributed by atoms with E-state index in [9.17, 15) is 9.59 Å². The van der Waals surface area contributed by atoms with Crippen molar-refractivity contribution in [2.75, 3.05) is 27.4 Å². The van der Waals surface area contributed by atoms with Crippen LogP contribution in [0.15, 0.2) is 42.5 Å². The van der Waals surface area contributed by atoms with Crippen molar-refractivity contribution < 1.29 is 23.8 Å². The molecule has 0 atom stereocenters. The van der Waals surface area contributed by atoms with E-state index in [1.807, 2.05) is 56.3 Å². The van der Waals surface area contributed by atoms with Gasteiger partial charge in [-0.15, -0.1) is 0 Å². The topological polar surface area (TPSA) is 65.1 Å². The number of hydrogen-bond acceptors (Lipinski definition) is 5. The SMILES string of the molecule is COc1ccccc1CN(C)C(=O)COC(=O)COc1cc(C)cc(C)c1. The second kappa shape index (κ2) is 9.62. The van der Waals surface area contributed by atoms with Crippen LogP contribution in [0.25, 0.3) is 0 Å². The highest BCUT2D eigenvalue weighted by Gasteiger charge is 2.14. The van der Waals surface area contributed by atoms with E-state index in [-0.39, 0.29) is 19.1 Å². The Balaban J connectivity index is 1.79. The Kier molecular flexibility index (Phi) is 7.23. The Morgan fingerprint density at radius 3 is 2.33 bits per heavy atom. The van der Waals surface area contributed by atoms with Gasteiger partial charge in [-0.3, -0.25) is 4.79 Å². The van der Waals surface area contributed by atoms with E-state index in [1.54, 1.807) is 14.2 Å². The first-order chi connectivity index (χ1) is 12.9. The van der Waals surface area contributed by atoms with Crippen LogP contribution in [0.3, 0.4) is 0 Å². The number of carbonyl (C=O) groups is 2. The van der Waals surface area contributed by atoms with Gasteiger partial charge < -0.3 is 19.1 Å². The number of benzene rings is 2. The molecule has 0 aromatic heterocycles. The van der Waals surface area contributed by atoms with Crippen molar-refractivity contribution in [1.29, 1.82) is 0 Å². The maximum atomic E-state index is 12.2. The van der Waals surface area contributed by atoms with E-state index in [2.05, 4.69) is 0 Å². The molecular formula is C21H25NO5. The predicted octanol–water partition coefficient (Wildman–Crippen LogP) is 2.89. The summed E-state index contributed by atoms with van der Waals surface area (Å²) in [5.74, 6) is 0.411. The van der Waals surface area contributed by atoms with E-state index in [0.29, 0.717) is 18.0 Å². The van der Waals surface area contributed by atoms with Gasteiger partial charge >= 0.3 is 5.97 Å². The van der Waals surface area contributed by atoms with E-state index < -0.39 is 5.97 Å². The van der Waals surface area contributed by atoms with Crippen LogP contribution < -0.4 is 9.47 Å². The van der Waals surface area contributed by atoms with Gasteiger partial charge in [0.1, 0.15) is 11.5 Å². The number of ether oxygens (including phenoxy) is 3. The molecule has 0 saturated heterocycles. The molecule has 0 heterocycles. The summed E-state index contributed by atoms with van der Waals surface area (Å²) in [5, 5.41) is 0. The van der Waals surface area contributed by atoms with Crippen molar-refractivity contribution in [2.45, 2.75) is 20.4 Å². The van der Waals surface area contributed by atoms with E-state index in [1.165, 1.54) is 4.90 Å². The number of rotatable bonds is 8. The number of esters is 1. The first-order valence-corrected chi connectivity index (χ1v) is 8.61. The summed E-state index contributed by atoms with van der Waals surface area (Å²) >= 11 is 0. The molecule has 1 amide bonds. The highest BCUT2D eigenvalue weighted by molar-refractivity contribution is 5.80. The third-order valence-corrected chi connectivity index (χ3v) is 3.93. The summed E-state index contributed by atoms with van der Waals surface area (Å²) in [6.45, 7) is 3.69. The zero-order valence-electron chi connectivity index (χ0n) is 16.2. The zero-order valence-corrected chi connectivity index (χ0v) is 16.2.